The van der Waals surface area contributed by atoms with Crippen LogP contribution in [0.1, 0.15) is 9.75 Å². The number of thiophene rings is 1. The van der Waals surface area contributed by atoms with Crippen molar-refractivity contribution in [2.45, 2.75) is 6.92 Å². The van der Waals surface area contributed by atoms with Crippen molar-refractivity contribution in [2.24, 2.45) is 10.1 Å². The standard InChI is InChI=1S/C23H16Cl2N4O2S2/c1-13-2-5-16(33-13)10-26-29-20(14-3-7-21-19(8-14)28-22(30)11-31-21)12-32-23(29)27-15-4-6-17(24)18(25)9-15/h2-10,12H,11H2,1H3,(H,28,30). The van der Waals surface area contributed by atoms with E-state index in [2.05, 4.69) is 18.3 Å². The summed E-state index contributed by atoms with van der Waals surface area (Å²) in [6.45, 7) is 2.07. The van der Waals surface area contributed by atoms with Gasteiger partial charge in [0.2, 0.25) is 4.80 Å². The van der Waals surface area contributed by atoms with Crippen LogP contribution >= 0.6 is 45.9 Å². The largest absolute Gasteiger partial charge is 0.482 e. The minimum absolute atomic E-state index is 0.0159. The zero-order valence-electron chi connectivity index (χ0n) is 17.2. The Labute approximate surface area is 207 Å². The van der Waals surface area contributed by atoms with E-state index < -0.39 is 0 Å². The summed E-state index contributed by atoms with van der Waals surface area (Å²) in [6, 6.07) is 15.0. The molecular formula is C23H16Cl2N4O2S2. The molecular weight excluding hydrogens is 499 g/mol. The van der Waals surface area contributed by atoms with Crippen molar-refractivity contribution in [3.63, 3.8) is 0 Å². The number of halogens is 2. The molecule has 1 aliphatic rings. The van der Waals surface area contributed by atoms with Gasteiger partial charge >= 0.3 is 0 Å². The number of nitrogens with one attached hydrogen (secondary N) is 1. The number of anilines is 1. The number of nitrogens with zero attached hydrogens (tertiary/aromatic N) is 3. The third kappa shape index (κ3) is 4.74. The second-order valence-electron chi connectivity index (χ2n) is 7.17. The van der Waals surface area contributed by atoms with Crippen LogP contribution in [0.5, 0.6) is 5.75 Å². The number of ether oxygens (including phenoxy) is 1. The SMILES string of the molecule is Cc1ccc(C=Nn2c(-c3ccc4c(c3)NC(=O)CO4)csc2=Nc2ccc(Cl)c(Cl)c2)s1. The fourth-order valence-electron chi connectivity index (χ4n) is 3.23. The van der Waals surface area contributed by atoms with Gasteiger partial charge in [-0.2, -0.15) is 5.10 Å². The predicted octanol–water partition coefficient (Wildman–Crippen LogP) is 6.34. The van der Waals surface area contributed by atoms with Gasteiger partial charge in [-0.1, -0.05) is 23.2 Å². The molecule has 1 amide bonds. The monoisotopic (exact) mass is 514 g/mol. The molecule has 0 saturated carbocycles. The highest BCUT2D eigenvalue weighted by Crippen LogP contribution is 2.33. The van der Waals surface area contributed by atoms with E-state index >= 15 is 0 Å². The summed E-state index contributed by atoms with van der Waals surface area (Å²) in [5.41, 5.74) is 2.99. The molecule has 0 saturated heterocycles. The molecule has 1 N–H and O–H groups in total. The summed E-state index contributed by atoms with van der Waals surface area (Å²) in [4.78, 5) is 19.4. The maximum atomic E-state index is 11.8. The summed E-state index contributed by atoms with van der Waals surface area (Å²) in [7, 11) is 0. The first-order valence-electron chi connectivity index (χ1n) is 9.84. The Morgan fingerprint density at radius 2 is 2.00 bits per heavy atom. The summed E-state index contributed by atoms with van der Waals surface area (Å²) in [5.74, 6) is 0.456. The van der Waals surface area contributed by atoms with Crippen LogP contribution in [0.4, 0.5) is 11.4 Å². The van der Waals surface area contributed by atoms with E-state index in [4.69, 9.17) is 38.0 Å². The molecule has 0 radical (unpaired) electrons. The number of amides is 1. The van der Waals surface area contributed by atoms with Crippen LogP contribution in [0, 0.1) is 6.92 Å². The number of thiazole rings is 1. The summed E-state index contributed by atoms with van der Waals surface area (Å²) in [6.07, 6.45) is 1.81. The van der Waals surface area contributed by atoms with Crippen molar-refractivity contribution in [3.05, 3.63) is 78.5 Å². The number of fused-ring (bicyclic) bond motifs is 1. The Kier molecular flexibility index (Phi) is 6.07. The minimum atomic E-state index is -0.181. The van der Waals surface area contributed by atoms with E-state index in [1.54, 1.807) is 34.2 Å². The summed E-state index contributed by atoms with van der Waals surface area (Å²) >= 11 is 15.3. The van der Waals surface area contributed by atoms with Crippen LogP contribution in [-0.2, 0) is 4.79 Å². The predicted molar refractivity (Wildman–Crippen MR) is 136 cm³/mol. The highest BCUT2D eigenvalue weighted by molar-refractivity contribution is 7.13. The van der Waals surface area contributed by atoms with Crippen LogP contribution in [0.2, 0.25) is 10.0 Å². The van der Waals surface area contributed by atoms with Crippen LogP contribution in [0.3, 0.4) is 0 Å². The van der Waals surface area contributed by atoms with Gasteiger partial charge in [-0.15, -0.1) is 22.7 Å². The van der Waals surface area contributed by atoms with Gasteiger partial charge in [-0.3, -0.25) is 4.79 Å². The maximum absolute atomic E-state index is 11.8. The molecule has 33 heavy (non-hydrogen) atoms. The fourth-order valence-corrected chi connectivity index (χ4v) is 5.12. The lowest BCUT2D eigenvalue weighted by atomic mass is 10.1. The zero-order valence-corrected chi connectivity index (χ0v) is 20.4. The van der Waals surface area contributed by atoms with Gasteiger partial charge < -0.3 is 10.1 Å². The van der Waals surface area contributed by atoms with E-state index in [0.717, 1.165) is 16.1 Å². The van der Waals surface area contributed by atoms with Gasteiger partial charge in [0.25, 0.3) is 5.91 Å². The maximum Gasteiger partial charge on any atom is 0.262 e. The van der Waals surface area contributed by atoms with Crippen LogP contribution in [0.15, 0.2) is 64.0 Å². The van der Waals surface area contributed by atoms with Crippen LogP contribution in [0.25, 0.3) is 11.3 Å². The van der Waals surface area contributed by atoms with Crippen LogP contribution < -0.4 is 14.9 Å². The molecule has 1 aliphatic heterocycles. The molecule has 0 atom stereocenters. The Hall–Kier alpha value is -2.91. The Bertz CT molecular complexity index is 1470. The van der Waals surface area contributed by atoms with Gasteiger partial charge in [0.05, 0.1) is 33.3 Å². The Morgan fingerprint density at radius 3 is 2.79 bits per heavy atom. The number of hydrogen-bond donors (Lipinski definition) is 1. The number of rotatable bonds is 4. The average molecular weight is 515 g/mol. The Balaban J connectivity index is 1.63. The van der Waals surface area contributed by atoms with E-state index in [9.17, 15) is 4.79 Å². The topological polar surface area (TPSA) is 68.0 Å². The van der Waals surface area contributed by atoms with Crippen molar-refractivity contribution in [1.29, 1.82) is 0 Å². The fraction of sp³-hybridized carbons (Fsp3) is 0.0870. The number of carbonyl (C=O) groups is 1. The summed E-state index contributed by atoms with van der Waals surface area (Å²) in [5, 5.41) is 10.5. The second-order valence-corrected chi connectivity index (χ2v) is 10.1. The molecule has 6 nitrogen and oxygen atoms in total. The molecule has 5 rings (SSSR count). The minimum Gasteiger partial charge on any atom is -0.482 e. The molecule has 2 aromatic carbocycles. The number of hydrogen-bond acceptors (Lipinski definition) is 6. The average Bonchev–Trinajstić information content (AvgIpc) is 3.40. The van der Waals surface area contributed by atoms with Gasteiger partial charge in [0.15, 0.2) is 6.61 Å². The first-order chi connectivity index (χ1) is 16.0. The van der Waals surface area contributed by atoms with Crippen molar-refractivity contribution in [1.82, 2.24) is 4.68 Å². The lowest BCUT2D eigenvalue weighted by molar-refractivity contribution is -0.118. The molecule has 4 aromatic rings. The number of aryl methyl sites for hydroxylation is 1. The lowest BCUT2D eigenvalue weighted by Gasteiger charge is -2.18. The molecule has 0 unspecified atom stereocenters. The third-order valence-corrected chi connectivity index (χ3v) is 7.27. The van der Waals surface area contributed by atoms with Crippen molar-refractivity contribution in [2.75, 3.05) is 11.9 Å². The van der Waals surface area contributed by atoms with E-state index in [1.165, 1.54) is 16.2 Å². The van der Waals surface area contributed by atoms with E-state index in [0.29, 0.717) is 32.0 Å². The first kappa shape index (κ1) is 21.9. The quantitative estimate of drug-likeness (QED) is 0.323. The van der Waals surface area contributed by atoms with Crippen molar-refractivity contribution >= 4 is 69.4 Å². The van der Waals surface area contributed by atoms with Crippen molar-refractivity contribution < 1.29 is 9.53 Å². The molecule has 10 heteroatoms. The second kappa shape index (κ2) is 9.15. The highest BCUT2D eigenvalue weighted by atomic mass is 35.5. The van der Waals surface area contributed by atoms with Crippen LogP contribution in [-0.4, -0.2) is 23.4 Å². The molecule has 3 heterocycles. The lowest BCUT2D eigenvalue weighted by Crippen LogP contribution is -2.25. The summed E-state index contributed by atoms with van der Waals surface area (Å²) < 4.78 is 7.26. The molecule has 2 aromatic heterocycles. The molecule has 0 aliphatic carbocycles. The molecule has 0 fully saturated rings. The van der Waals surface area contributed by atoms with Crippen molar-refractivity contribution in [3.8, 4) is 17.0 Å². The van der Waals surface area contributed by atoms with Gasteiger partial charge in [-0.05, 0) is 55.5 Å². The number of aromatic nitrogens is 1. The zero-order chi connectivity index (χ0) is 22.9. The Morgan fingerprint density at radius 1 is 1.12 bits per heavy atom. The smallest absolute Gasteiger partial charge is 0.262 e. The molecule has 0 bridgehead atoms. The number of carbonyl (C=O) groups excluding carboxylic acids is 1. The molecule has 0 spiro atoms. The van der Waals surface area contributed by atoms with E-state index in [-0.39, 0.29) is 12.5 Å². The van der Waals surface area contributed by atoms with Gasteiger partial charge in [0, 0.05) is 20.7 Å². The molecule has 166 valence electrons. The normalized spacial score (nSPS) is 13.8. The number of benzene rings is 2. The van der Waals surface area contributed by atoms with Gasteiger partial charge in [0.1, 0.15) is 5.75 Å². The van der Waals surface area contributed by atoms with E-state index in [1.807, 2.05) is 35.9 Å². The first-order valence-corrected chi connectivity index (χ1v) is 12.3. The van der Waals surface area contributed by atoms with Gasteiger partial charge in [-0.25, -0.2) is 9.67 Å². The highest BCUT2D eigenvalue weighted by Gasteiger charge is 2.18. The third-order valence-electron chi connectivity index (χ3n) is 4.78.